The number of halogens is 1. The summed E-state index contributed by atoms with van der Waals surface area (Å²) in [5, 5.41) is 13.2. The number of hydrogen-bond donors (Lipinski definition) is 1. The Balaban J connectivity index is 1.58. The number of pyridine rings is 1. The number of rotatable bonds is 4. The third kappa shape index (κ3) is 3.94. The summed E-state index contributed by atoms with van der Waals surface area (Å²) in [7, 11) is 0. The Morgan fingerprint density at radius 3 is 2.67 bits per heavy atom. The first-order valence-electron chi connectivity index (χ1n) is 8.04. The van der Waals surface area contributed by atoms with E-state index in [2.05, 4.69) is 26.3 Å². The molecule has 0 atom stereocenters. The number of hydrogen-bond acceptors (Lipinski definition) is 6. The van der Waals surface area contributed by atoms with Crippen LogP contribution >= 0.6 is 11.6 Å². The number of fused-ring (bicyclic) bond motifs is 1. The van der Waals surface area contributed by atoms with Crippen molar-refractivity contribution in [2.75, 3.05) is 5.32 Å². The summed E-state index contributed by atoms with van der Waals surface area (Å²) >= 11 is 6.10. The number of aromatic nitrogens is 3. The monoisotopic (exact) mass is 373 g/mol. The molecule has 2 aromatic carbocycles. The van der Waals surface area contributed by atoms with Crippen LogP contribution in [0.5, 0.6) is 11.6 Å². The molecule has 130 valence electrons. The van der Waals surface area contributed by atoms with Crippen LogP contribution in [-0.2, 0) is 0 Å². The number of nitriles is 1. The Morgan fingerprint density at radius 2 is 1.85 bits per heavy atom. The Kier molecular flexibility index (Phi) is 4.52. The van der Waals surface area contributed by atoms with Crippen LogP contribution in [-0.4, -0.2) is 15.0 Å². The highest BCUT2D eigenvalue weighted by Gasteiger charge is 2.07. The largest absolute Gasteiger partial charge is 0.439 e. The summed E-state index contributed by atoms with van der Waals surface area (Å²) < 4.78 is 5.82. The summed E-state index contributed by atoms with van der Waals surface area (Å²) in [5.41, 5.74) is 2.13. The quantitative estimate of drug-likeness (QED) is 0.502. The lowest BCUT2D eigenvalue weighted by Crippen LogP contribution is -1.99. The van der Waals surface area contributed by atoms with Crippen LogP contribution in [0.1, 0.15) is 5.56 Å². The van der Waals surface area contributed by atoms with E-state index in [1.807, 2.05) is 30.3 Å². The van der Waals surface area contributed by atoms with Gasteiger partial charge in [0.2, 0.25) is 11.8 Å². The van der Waals surface area contributed by atoms with Gasteiger partial charge in [-0.1, -0.05) is 17.7 Å². The van der Waals surface area contributed by atoms with Gasteiger partial charge >= 0.3 is 0 Å². The Bertz CT molecular complexity index is 1160. The van der Waals surface area contributed by atoms with Gasteiger partial charge < -0.3 is 10.1 Å². The van der Waals surface area contributed by atoms with Crippen LogP contribution in [0.4, 0.5) is 11.6 Å². The molecule has 0 unspecified atom stereocenters. The predicted octanol–water partition coefficient (Wildman–Crippen LogP) is 5.09. The average Bonchev–Trinajstić information content (AvgIpc) is 2.68. The molecular weight excluding hydrogens is 362 g/mol. The second-order valence-corrected chi connectivity index (χ2v) is 6.01. The van der Waals surface area contributed by atoms with Gasteiger partial charge in [-0.15, -0.1) is 0 Å². The molecule has 0 aliphatic heterocycles. The summed E-state index contributed by atoms with van der Waals surface area (Å²) in [4.78, 5) is 12.8. The third-order valence-electron chi connectivity index (χ3n) is 3.74. The van der Waals surface area contributed by atoms with Crippen LogP contribution < -0.4 is 10.1 Å². The molecule has 0 spiro atoms. The van der Waals surface area contributed by atoms with Gasteiger partial charge in [-0.05, 0) is 42.5 Å². The van der Waals surface area contributed by atoms with E-state index in [0.29, 0.717) is 23.1 Å². The SMILES string of the molecule is N#Cc1ccc(Nc2nc(Cl)cc(Oc3ccc4cccnc4c3)n2)cc1. The highest BCUT2D eigenvalue weighted by molar-refractivity contribution is 6.29. The van der Waals surface area contributed by atoms with E-state index in [0.717, 1.165) is 16.6 Å². The molecule has 1 N–H and O–H groups in total. The third-order valence-corrected chi connectivity index (χ3v) is 3.93. The van der Waals surface area contributed by atoms with Crippen molar-refractivity contribution in [2.24, 2.45) is 0 Å². The van der Waals surface area contributed by atoms with Gasteiger partial charge in [0.15, 0.2) is 0 Å². The van der Waals surface area contributed by atoms with Gasteiger partial charge in [0.05, 0.1) is 17.1 Å². The molecule has 0 fully saturated rings. The van der Waals surface area contributed by atoms with Crippen molar-refractivity contribution in [3.63, 3.8) is 0 Å². The Labute approximate surface area is 160 Å². The lowest BCUT2D eigenvalue weighted by molar-refractivity contribution is 0.463. The molecule has 2 heterocycles. The van der Waals surface area contributed by atoms with Crippen molar-refractivity contribution in [3.8, 4) is 17.7 Å². The second kappa shape index (κ2) is 7.28. The second-order valence-electron chi connectivity index (χ2n) is 5.63. The fourth-order valence-corrected chi connectivity index (χ4v) is 2.67. The topological polar surface area (TPSA) is 83.7 Å². The first-order valence-corrected chi connectivity index (χ1v) is 8.42. The number of nitrogens with one attached hydrogen (secondary N) is 1. The summed E-state index contributed by atoms with van der Waals surface area (Å²) in [6, 6.07) is 20.0. The highest BCUT2D eigenvalue weighted by Crippen LogP contribution is 2.26. The number of benzene rings is 2. The standard InChI is InChI=1S/C20H12ClN5O/c21-18-11-19(27-16-8-5-14-2-1-9-23-17(14)10-16)26-20(25-18)24-15-6-3-13(12-22)4-7-15/h1-11H,(H,24,25,26). The normalized spacial score (nSPS) is 10.4. The van der Waals surface area contributed by atoms with Crippen molar-refractivity contribution in [3.05, 3.63) is 77.6 Å². The molecule has 0 bridgehead atoms. The highest BCUT2D eigenvalue weighted by atomic mass is 35.5. The maximum Gasteiger partial charge on any atom is 0.231 e. The molecule has 4 aromatic rings. The van der Waals surface area contributed by atoms with Crippen molar-refractivity contribution in [1.82, 2.24) is 15.0 Å². The minimum Gasteiger partial charge on any atom is -0.439 e. The van der Waals surface area contributed by atoms with Gasteiger partial charge in [0, 0.05) is 29.4 Å². The molecule has 4 rings (SSSR count). The van der Waals surface area contributed by atoms with Crippen molar-refractivity contribution in [1.29, 1.82) is 5.26 Å². The first-order chi connectivity index (χ1) is 13.2. The lowest BCUT2D eigenvalue weighted by atomic mass is 10.2. The molecule has 2 aromatic heterocycles. The van der Waals surface area contributed by atoms with Crippen LogP contribution in [0.3, 0.4) is 0 Å². The molecular formula is C20H12ClN5O. The first kappa shape index (κ1) is 16.8. The molecule has 0 saturated heterocycles. The van der Waals surface area contributed by atoms with Crippen molar-refractivity contribution in [2.45, 2.75) is 0 Å². The minimum atomic E-state index is 0.245. The zero-order chi connectivity index (χ0) is 18.6. The summed E-state index contributed by atoms with van der Waals surface area (Å²) in [6.07, 6.45) is 1.73. The molecule has 27 heavy (non-hydrogen) atoms. The van der Waals surface area contributed by atoms with Crippen molar-refractivity contribution < 1.29 is 4.74 Å². The van der Waals surface area contributed by atoms with E-state index in [4.69, 9.17) is 21.6 Å². The van der Waals surface area contributed by atoms with Gasteiger partial charge in [-0.3, -0.25) is 4.98 Å². The predicted molar refractivity (Wildman–Crippen MR) is 103 cm³/mol. The van der Waals surface area contributed by atoms with E-state index in [1.165, 1.54) is 6.07 Å². The average molecular weight is 374 g/mol. The fraction of sp³-hybridized carbons (Fsp3) is 0. The Hall–Kier alpha value is -3.69. The number of ether oxygens (including phenoxy) is 1. The zero-order valence-corrected chi connectivity index (χ0v) is 14.7. The molecule has 0 aliphatic rings. The maximum atomic E-state index is 8.86. The number of nitrogens with zero attached hydrogens (tertiary/aromatic N) is 4. The van der Waals surface area contributed by atoms with Crippen molar-refractivity contribution >= 4 is 34.1 Å². The van der Waals surface area contributed by atoms with E-state index < -0.39 is 0 Å². The number of anilines is 2. The molecule has 7 heteroatoms. The van der Waals surface area contributed by atoms with Crippen LogP contribution in [0, 0.1) is 11.3 Å². The smallest absolute Gasteiger partial charge is 0.231 e. The molecule has 0 radical (unpaired) electrons. The van der Waals surface area contributed by atoms with Gasteiger partial charge in [-0.25, -0.2) is 4.98 Å². The van der Waals surface area contributed by atoms with Gasteiger partial charge in [0.25, 0.3) is 0 Å². The lowest BCUT2D eigenvalue weighted by Gasteiger charge is -2.09. The minimum absolute atomic E-state index is 0.245. The molecule has 0 saturated carbocycles. The molecule has 6 nitrogen and oxygen atoms in total. The van der Waals surface area contributed by atoms with Gasteiger partial charge in [-0.2, -0.15) is 10.2 Å². The van der Waals surface area contributed by atoms with Gasteiger partial charge in [0.1, 0.15) is 10.9 Å². The maximum absolute atomic E-state index is 8.86. The van der Waals surface area contributed by atoms with Crippen LogP contribution in [0.2, 0.25) is 5.15 Å². The van der Waals surface area contributed by atoms with Crippen LogP contribution in [0.25, 0.3) is 10.9 Å². The molecule has 0 amide bonds. The zero-order valence-electron chi connectivity index (χ0n) is 13.9. The molecule has 0 aliphatic carbocycles. The van der Waals surface area contributed by atoms with Crippen LogP contribution in [0.15, 0.2) is 66.9 Å². The van der Waals surface area contributed by atoms with E-state index in [1.54, 1.807) is 30.5 Å². The fourth-order valence-electron chi connectivity index (χ4n) is 2.49. The van der Waals surface area contributed by atoms with E-state index in [9.17, 15) is 0 Å². The Morgan fingerprint density at radius 1 is 1.00 bits per heavy atom. The summed E-state index contributed by atoms with van der Waals surface area (Å²) in [5.74, 6) is 1.20. The summed E-state index contributed by atoms with van der Waals surface area (Å²) in [6.45, 7) is 0. The van der Waals surface area contributed by atoms with E-state index >= 15 is 0 Å². The van der Waals surface area contributed by atoms with E-state index in [-0.39, 0.29) is 5.15 Å².